The molecule has 27 heavy (non-hydrogen) atoms. The molecule has 5 heteroatoms. The second kappa shape index (κ2) is 8.35. The molecule has 0 aliphatic heterocycles. The van der Waals surface area contributed by atoms with Crippen molar-refractivity contribution < 1.29 is 18.1 Å². The number of ether oxygens (including phenoxy) is 3. The fourth-order valence-electron chi connectivity index (χ4n) is 3.11. The summed E-state index contributed by atoms with van der Waals surface area (Å²) >= 11 is 0.295. The van der Waals surface area contributed by atoms with Crippen LogP contribution < -0.4 is 14.2 Å². The van der Waals surface area contributed by atoms with Gasteiger partial charge in [0.2, 0.25) is 0 Å². The van der Waals surface area contributed by atoms with Crippen molar-refractivity contribution in [1.82, 2.24) is 0 Å². The number of rotatable bonds is 7. The summed E-state index contributed by atoms with van der Waals surface area (Å²) in [4.78, 5) is 0. The molecule has 3 aromatic rings. The highest BCUT2D eigenvalue weighted by Crippen LogP contribution is 2.49. The Morgan fingerprint density at radius 2 is 0.815 bits per heavy atom. The lowest BCUT2D eigenvalue weighted by molar-refractivity contribution is 0.414. The average Bonchev–Trinajstić information content (AvgIpc) is 2.76. The molecule has 0 atom stereocenters. The summed E-state index contributed by atoms with van der Waals surface area (Å²) in [6.07, 6.45) is 0. The van der Waals surface area contributed by atoms with Gasteiger partial charge in [0.15, 0.2) is 0 Å². The van der Waals surface area contributed by atoms with Crippen LogP contribution in [0.4, 0.5) is 3.89 Å². The summed E-state index contributed by atoms with van der Waals surface area (Å²) in [5.74, 6) is 2.17. The van der Waals surface area contributed by atoms with Gasteiger partial charge in [0.05, 0.1) is 33.5 Å². The molecule has 0 unspecified atom stereocenters. The van der Waals surface area contributed by atoms with Gasteiger partial charge in [-0.2, -0.15) is 3.89 Å². The van der Waals surface area contributed by atoms with Crippen LogP contribution in [0.25, 0.3) is 0 Å². The van der Waals surface area contributed by atoms with Crippen LogP contribution in [-0.4, -0.2) is 21.3 Å². The summed E-state index contributed by atoms with van der Waals surface area (Å²) in [5, 5.41) is 0. The Hall–Kier alpha value is -2.66. The van der Waals surface area contributed by atoms with Crippen molar-refractivity contribution in [3.8, 4) is 17.2 Å². The largest absolute Gasteiger partial charge is 0.497 e. The maximum atomic E-state index is 14.7. The molecule has 0 aliphatic rings. The zero-order valence-corrected chi connectivity index (χ0v) is 16.3. The predicted molar refractivity (Wildman–Crippen MR) is 108 cm³/mol. The molecule has 140 valence electrons. The predicted octanol–water partition coefficient (Wildman–Crippen LogP) is 5.62. The van der Waals surface area contributed by atoms with Crippen LogP contribution in [0, 0.1) is 0 Å². The average molecular weight is 384 g/mol. The zero-order chi connectivity index (χ0) is 19.3. The molecule has 0 spiro atoms. The number of hydrogen-bond donors (Lipinski definition) is 0. The first-order valence-corrected chi connectivity index (χ1v) is 9.13. The van der Waals surface area contributed by atoms with E-state index in [2.05, 4.69) is 0 Å². The molecular weight excluding hydrogens is 363 g/mol. The summed E-state index contributed by atoms with van der Waals surface area (Å²) < 4.78 is 29.5. The van der Waals surface area contributed by atoms with Gasteiger partial charge in [0.25, 0.3) is 0 Å². The van der Waals surface area contributed by atoms with E-state index < -0.39 is 4.75 Å². The van der Waals surface area contributed by atoms with Crippen LogP contribution in [0.2, 0.25) is 0 Å². The zero-order valence-electron chi connectivity index (χ0n) is 15.4. The SMILES string of the molecule is COc1ccc(C(SF)(c2ccc(OC)cc2)c2ccc(OC)cc2)cc1. The van der Waals surface area contributed by atoms with Crippen LogP contribution in [-0.2, 0) is 4.75 Å². The standard InChI is InChI=1S/C22H21FO3S/c1-24-19-10-4-16(5-11-19)22(27-23,17-6-12-20(25-2)13-7-17)18-8-14-21(26-3)15-9-18/h4-15H,1-3H3. The van der Waals surface area contributed by atoms with E-state index in [9.17, 15) is 3.89 Å². The summed E-state index contributed by atoms with van der Waals surface area (Å²) in [7, 11) is 4.83. The number of halogens is 1. The van der Waals surface area contributed by atoms with Crippen LogP contribution in [0.3, 0.4) is 0 Å². The van der Waals surface area contributed by atoms with E-state index >= 15 is 0 Å². The molecule has 0 bridgehead atoms. The molecule has 0 heterocycles. The molecule has 0 saturated carbocycles. The summed E-state index contributed by atoms with van der Waals surface area (Å²) in [6, 6.07) is 22.4. The minimum atomic E-state index is -1.02. The third-order valence-corrected chi connectivity index (χ3v) is 5.54. The molecule has 0 aliphatic carbocycles. The van der Waals surface area contributed by atoms with Crippen molar-refractivity contribution in [1.29, 1.82) is 0 Å². The third kappa shape index (κ3) is 3.60. The first kappa shape index (κ1) is 19.1. The van der Waals surface area contributed by atoms with Crippen molar-refractivity contribution in [2.24, 2.45) is 0 Å². The van der Waals surface area contributed by atoms with Crippen LogP contribution in [0.15, 0.2) is 72.8 Å². The van der Waals surface area contributed by atoms with E-state index in [1.165, 1.54) is 0 Å². The van der Waals surface area contributed by atoms with E-state index in [-0.39, 0.29) is 0 Å². The van der Waals surface area contributed by atoms with Gasteiger partial charge in [-0.3, -0.25) is 0 Å². The maximum Gasteiger partial charge on any atom is 0.122 e. The number of benzene rings is 3. The molecule has 3 rings (SSSR count). The second-order valence-corrected chi connectivity index (χ2v) is 6.71. The normalized spacial score (nSPS) is 11.1. The van der Waals surface area contributed by atoms with Crippen molar-refractivity contribution in [2.75, 3.05) is 21.3 Å². The maximum absolute atomic E-state index is 14.7. The number of hydrogen-bond acceptors (Lipinski definition) is 4. The minimum Gasteiger partial charge on any atom is -0.497 e. The Morgan fingerprint density at radius 3 is 1.00 bits per heavy atom. The highest BCUT2D eigenvalue weighted by molar-refractivity contribution is 7.95. The Morgan fingerprint density at radius 1 is 0.556 bits per heavy atom. The lowest BCUT2D eigenvalue weighted by atomic mass is 9.84. The highest BCUT2D eigenvalue weighted by Gasteiger charge is 2.38. The Labute approximate surface area is 163 Å². The van der Waals surface area contributed by atoms with Gasteiger partial charge in [0.1, 0.15) is 22.0 Å². The fourth-order valence-corrected chi connectivity index (χ4v) is 3.79. The van der Waals surface area contributed by atoms with Crippen molar-refractivity contribution >= 4 is 12.1 Å². The monoisotopic (exact) mass is 384 g/mol. The van der Waals surface area contributed by atoms with Crippen LogP contribution in [0.1, 0.15) is 16.7 Å². The van der Waals surface area contributed by atoms with Gasteiger partial charge in [0, 0.05) is 0 Å². The Bertz CT molecular complexity index is 746. The highest BCUT2D eigenvalue weighted by atomic mass is 32.2. The Kier molecular flexibility index (Phi) is 5.91. The van der Waals surface area contributed by atoms with Gasteiger partial charge < -0.3 is 14.2 Å². The lowest BCUT2D eigenvalue weighted by Crippen LogP contribution is -2.24. The van der Waals surface area contributed by atoms with E-state index in [0.717, 1.165) is 33.9 Å². The molecule has 0 aromatic heterocycles. The van der Waals surface area contributed by atoms with Crippen molar-refractivity contribution in [2.45, 2.75) is 4.75 Å². The van der Waals surface area contributed by atoms with Gasteiger partial charge in [-0.05, 0) is 53.1 Å². The molecular formula is C22H21FO3S. The van der Waals surface area contributed by atoms with Crippen LogP contribution in [0.5, 0.6) is 17.2 Å². The quantitative estimate of drug-likeness (QED) is 0.494. The first-order valence-electron chi connectivity index (χ1n) is 8.41. The molecule has 0 fully saturated rings. The Balaban J connectivity index is 2.20. The third-order valence-electron chi connectivity index (χ3n) is 4.61. The molecule has 0 saturated heterocycles. The van der Waals surface area contributed by atoms with E-state index in [1.807, 2.05) is 72.8 Å². The van der Waals surface area contributed by atoms with Crippen molar-refractivity contribution in [3.05, 3.63) is 89.5 Å². The minimum absolute atomic E-state index is 0.295. The molecule has 3 nitrogen and oxygen atoms in total. The first-order chi connectivity index (χ1) is 13.2. The molecule has 0 N–H and O–H groups in total. The fraction of sp³-hybridized carbons (Fsp3) is 0.182. The van der Waals surface area contributed by atoms with E-state index in [0.29, 0.717) is 12.1 Å². The smallest absolute Gasteiger partial charge is 0.122 e. The summed E-state index contributed by atoms with van der Waals surface area (Å²) in [6.45, 7) is 0. The number of methoxy groups -OCH3 is 3. The van der Waals surface area contributed by atoms with E-state index in [4.69, 9.17) is 14.2 Å². The topological polar surface area (TPSA) is 27.7 Å². The molecule has 0 radical (unpaired) electrons. The second-order valence-electron chi connectivity index (χ2n) is 5.94. The molecule has 0 amide bonds. The van der Waals surface area contributed by atoms with Crippen molar-refractivity contribution in [3.63, 3.8) is 0 Å². The summed E-state index contributed by atoms with van der Waals surface area (Å²) in [5.41, 5.74) is 2.43. The van der Waals surface area contributed by atoms with Gasteiger partial charge in [-0.15, -0.1) is 0 Å². The van der Waals surface area contributed by atoms with Gasteiger partial charge >= 0.3 is 0 Å². The lowest BCUT2D eigenvalue weighted by Gasteiger charge is -2.31. The van der Waals surface area contributed by atoms with E-state index in [1.54, 1.807) is 21.3 Å². The van der Waals surface area contributed by atoms with Gasteiger partial charge in [-0.1, -0.05) is 36.4 Å². The molecule has 3 aromatic carbocycles. The van der Waals surface area contributed by atoms with Gasteiger partial charge in [-0.25, -0.2) is 0 Å². The van der Waals surface area contributed by atoms with Crippen LogP contribution >= 0.6 is 12.1 Å².